The Hall–Kier alpha value is -0.0400. The average Bonchev–Trinajstić information content (AvgIpc) is 2.39. The van der Waals surface area contributed by atoms with Gasteiger partial charge in [-0.3, -0.25) is 0 Å². The molecule has 0 aromatic carbocycles. The average molecular weight is 249 g/mol. The van der Waals surface area contributed by atoms with Crippen molar-refractivity contribution in [1.82, 2.24) is 5.32 Å². The molecular formula is C17H31N. The van der Waals surface area contributed by atoms with Crippen LogP contribution in [0.25, 0.3) is 0 Å². The van der Waals surface area contributed by atoms with E-state index in [4.69, 9.17) is 0 Å². The number of nitrogens with one attached hydrogen (secondary N) is 1. The summed E-state index contributed by atoms with van der Waals surface area (Å²) in [6.45, 7) is 2.40. The van der Waals surface area contributed by atoms with Gasteiger partial charge in [0, 0.05) is 12.1 Å². The van der Waals surface area contributed by atoms with Crippen LogP contribution in [-0.2, 0) is 0 Å². The predicted octanol–water partition coefficient (Wildman–Crippen LogP) is 4.51. The molecule has 3 rings (SSSR count). The van der Waals surface area contributed by atoms with Gasteiger partial charge in [-0.05, 0) is 43.4 Å². The van der Waals surface area contributed by atoms with Crippen LogP contribution in [0.2, 0.25) is 0 Å². The van der Waals surface area contributed by atoms with Gasteiger partial charge in [0.1, 0.15) is 0 Å². The maximum absolute atomic E-state index is 4.03. The third-order valence-electron chi connectivity index (χ3n) is 5.90. The van der Waals surface area contributed by atoms with E-state index in [0.717, 1.165) is 29.8 Å². The molecule has 2 atom stereocenters. The molecule has 18 heavy (non-hydrogen) atoms. The Labute approximate surface area is 113 Å². The van der Waals surface area contributed by atoms with Crippen LogP contribution in [0, 0.1) is 17.8 Å². The first-order chi connectivity index (χ1) is 8.83. The molecule has 3 aliphatic carbocycles. The molecule has 0 spiro atoms. The van der Waals surface area contributed by atoms with Crippen LogP contribution in [0.3, 0.4) is 0 Å². The second kappa shape index (κ2) is 5.94. The zero-order valence-corrected chi connectivity index (χ0v) is 12.2. The summed E-state index contributed by atoms with van der Waals surface area (Å²) in [7, 11) is 0. The first-order valence-electron chi connectivity index (χ1n) is 8.59. The Morgan fingerprint density at radius 2 is 1.44 bits per heavy atom. The molecule has 0 radical (unpaired) electrons. The second-order valence-corrected chi connectivity index (χ2v) is 7.39. The van der Waals surface area contributed by atoms with E-state index < -0.39 is 0 Å². The molecule has 0 aromatic heterocycles. The van der Waals surface area contributed by atoms with Crippen LogP contribution in [0.4, 0.5) is 0 Å². The smallest absolute Gasteiger partial charge is 0.0101 e. The zero-order chi connectivity index (χ0) is 12.4. The van der Waals surface area contributed by atoms with Gasteiger partial charge in [0.2, 0.25) is 0 Å². The van der Waals surface area contributed by atoms with Crippen molar-refractivity contribution in [3.8, 4) is 0 Å². The molecule has 0 amide bonds. The first-order valence-corrected chi connectivity index (χ1v) is 8.59. The summed E-state index contributed by atoms with van der Waals surface area (Å²) >= 11 is 0. The molecule has 3 fully saturated rings. The molecule has 0 aliphatic heterocycles. The maximum atomic E-state index is 4.03. The summed E-state index contributed by atoms with van der Waals surface area (Å²) in [6.07, 6.45) is 16.4. The van der Waals surface area contributed by atoms with E-state index in [2.05, 4.69) is 12.2 Å². The van der Waals surface area contributed by atoms with Crippen molar-refractivity contribution in [3.63, 3.8) is 0 Å². The second-order valence-electron chi connectivity index (χ2n) is 7.39. The molecule has 3 aliphatic rings. The van der Waals surface area contributed by atoms with Gasteiger partial charge in [0.15, 0.2) is 0 Å². The molecule has 1 heteroatoms. The van der Waals surface area contributed by atoms with Crippen LogP contribution < -0.4 is 5.32 Å². The Kier molecular flexibility index (Phi) is 4.28. The lowest BCUT2D eigenvalue weighted by atomic mass is 9.70. The van der Waals surface area contributed by atoms with Crippen molar-refractivity contribution in [2.24, 2.45) is 17.8 Å². The van der Waals surface area contributed by atoms with Gasteiger partial charge in [-0.1, -0.05) is 51.9 Å². The molecule has 3 saturated carbocycles. The topological polar surface area (TPSA) is 12.0 Å². The summed E-state index contributed by atoms with van der Waals surface area (Å²) < 4.78 is 0. The lowest BCUT2D eigenvalue weighted by Gasteiger charge is -2.44. The largest absolute Gasteiger partial charge is 0.311 e. The Morgan fingerprint density at radius 1 is 0.778 bits per heavy atom. The minimum atomic E-state index is 0.870. The summed E-state index contributed by atoms with van der Waals surface area (Å²) in [4.78, 5) is 0. The Morgan fingerprint density at radius 3 is 2.17 bits per heavy atom. The van der Waals surface area contributed by atoms with Crippen molar-refractivity contribution in [2.45, 2.75) is 89.6 Å². The van der Waals surface area contributed by atoms with Crippen LogP contribution in [0.15, 0.2) is 0 Å². The van der Waals surface area contributed by atoms with Crippen LogP contribution >= 0.6 is 0 Å². The predicted molar refractivity (Wildman–Crippen MR) is 77.6 cm³/mol. The molecule has 104 valence electrons. The van der Waals surface area contributed by atoms with E-state index >= 15 is 0 Å². The summed E-state index contributed by atoms with van der Waals surface area (Å²) in [5.74, 6) is 3.07. The molecule has 0 bridgehead atoms. The summed E-state index contributed by atoms with van der Waals surface area (Å²) in [6, 6.07) is 1.74. The van der Waals surface area contributed by atoms with Crippen LogP contribution in [0.1, 0.15) is 77.6 Å². The van der Waals surface area contributed by atoms with E-state index in [1.54, 1.807) is 0 Å². The van der Waals surface area contributed by atoms with Crippen LogP contribution in [0.5, 0.6) is 0 Å². The van der Waals surface area contributed by atoms with Crippen molar-refractivity contribution in [2.75, 3.05) is 0 Å². The fraction of sp³-hybridized carbons (Fsp3) is 1.00. The van der Waals surface area contributed by atoms with Crippen molar-refractivity contribution < 1.29 is 0 Å². The van der Waals surface area contributed by atoms with Crippen molar-refractivity contribution >= 4 is 0 Å². The van der Waals surface area contributed by atoms with Gasteiger partial charge in [-0.25, -0.2) is 0 Å². The van der Waals surface area contributed by atoms with E-state index in [1.807, 2.05) is 0 Å². The minimum Gasteiger partial charge on any atom is -0.311 e. The van der Waals surface area contributed by atoms with Crippen molar-refractivity contribution in [3.05, 3.63) is 0 Å². The number of rotatable bonds is 3. The van der Waals surface area contributed by atoms with Crippen LogP contribution in [-0.4, -0.2) is 12.1 Å². The zero-order valence-electron chi connectivity index (χ0n) is 12.2. The Balaban J connectivity index is 1.55. The molecular weight excluding hydrogens is 218 g/mol. The highest BCUT2D eigenvalue weighted by molar-refractivity contribution is 4.92. The van der Waals surface area contributed by atoms with E-state index in [-0.39, 0.29) is 0 Å². The monoisotopic (exact) mass is 249 g/mol. The van der Waals surface area contributed by atoms with Gasteiger partial charge in [-0.2, -0.15) is 0 Å². The van der Waals surface area contributed by atoms with Gasteiger partial charge in [0.05, 0.1) is 0 Å². The highest BCUT2D eigenvalue weighted by Crippen LogP contribution is 2.39. The minimum absolute atomic E-state index is 0.870. The fourth-order valence-corrected chi connectivity index (χ4v) is 4.83. The molecule has 1 nitrogen and oxygen atoms in total. The highest BCUT2D eigenvalue weighted by Gasteiger charge is 2.35. The molecule has 2 unspecified atom stereocenters. The van der Waals surface area contributed by atoms with Gasteiger partial charge >= 0.3 is 0 Å². The fourth-order valence-electron chi connectivity index (χ4n) is 4.83. The normalized spacial score (nSPS) is 42.5. The number of hydrogen-bond donors (Lipinski definition) is 1. The van der Waals surface area contributed by atoms with Gasteiger partial charge in [-0.15, -0.1) is 0 Å². The first kappa shape index (κ1) is 13.0. The quantitative estimate of drug-likeness (QED) is 0.776. The molecule has 1 N–H and O–H groups in total. The standard InChI is InChI=1S/C17H31N/c1-13-11-15(12-13)18-17-10-6-5-9-16(17)14-7-3-2-4-8-14/h13-18H,2-12H2,1H3. The molecule has 0 aromatic rings. The van der Waals surface area contributed by atoms with E-state index in [1.165, 1.54) is 70.6 Å². The van der Waals surface area contributed by atoms with Gasteiger partial charge in [0.25, 0.3) is 0 Å². The number of hydrogen-bond acceptors (Lipinski definition) is 1. The Bertz CT molecular complexity index is 250. The van der Waals surface area contributed by atoms with E-state index in [9.17, 15) is 0 Å². The van der Waals surface area contributed by atoms with E-state index in [0.29, 0.717) is 0 Å². The lowest BCUT2D eigenvalue weighted by molar-refractivity contribution is 0.117. The maximum Gasteiger partial charge on any atom is 0.0101 e. The van der Waals surface area contributed by atoms with Crippen molar-refractivity contribution in [1.29, 1.82) is 0 Å². The molecule has 0 heterocycles. The highest BCUT2D eigenvalue weighted by atomic mass is 15.0. The third kappa shape index (κ3) is 2.92. The summed E-state index contributed by atoms with van der Waals surface area (Å²) in [5, 5.41) is 4.03. The SMILES string of the molecule is CC1CC(NC2CCCCC2C2CCCCC2)C1. The lowest BCUT2D eigenvalue weighted by Crippen LogP contribution is -2.51. The third-order valence-corrected chi connectivity index (χ3v) is 5.90. The molecule has 0 saturated heterocycles. The van der Waals surface area contributed by atoms with Gasteiger partial charge < -0.3 is 5.32 Å². The summed E-state index contributed by atoms with van der Waals surface area (Å²) in [5.41, 5.74) is 0.